The van der Waals surface area contributed by atoms with Crippen molar-refractivity contribution >= 4 is 5.91 Å². The minimum atomic E-state index is -4.42. The van der Waals surface area contributed by atoms with E-state index in [2.05, 4.69) is 20.4 Å². The summed E-state index contributed by atoms with van der Waals surface area (Å²) in [6.45, 7) is 0.844. The first-order valence-electron chi connectivity index (χ1n) is 12.3. The van der Waals surface area contributed by atoms with E-state index in [-0.39, 0.29) is 30.2 Å². The lowest BCUT2D eigenvalue weighted by atomic mass is 9.85. The number of nitrogens with one attached hydrogen (secondary N) is 1. The van der Waals surface area contributed by atoms with Gasteiger partial charge in [-0.2, -0.15) is 13.2 Å². The lowest BCUT2D eigenvalue weighted by molar-refractivity contribution is -0.137. The van der Waals surface area contributed by atoms with Crippen molar-refractivity contribution in [2.75, 3.05) is 14.1 Å². The first kappa shape index (κ1) is 26.7. The monoisotopic (exact) mass is 515 g/mol. The molecule has 1 aliphatic carbocycles. The molecule has 1 saturated carbocycles. The van der Waals surface area contributed by atoms with Gasteiger partial charge in [0.15, 0.2) is 5.82 Å². The third-order valence-electron chi connectivity index (χ3n) is 6.67. The zero-order valence-electron chi connectivity index (χ0n) is 21.3. The Morgan fingerprint density at radius 1 is 1.08 bits per heavy atom. The summed E-state index contributed by atoms with van der Waals surface area (Å²) in [7, 11) is 5.86. The maximum Gasteiger partial charge on any atom is 0.416 e. The molecule has 37 heavy (non-hydrogen) atoms. The minimum Gasteiger partial charge on any atom is -0.486 e. The van der Waals surface area contributed by atoms with Gasteiger partial charge >= 0.3 is 6.18 Å². The molecular formula is C27H32F3N5O2. The van der Waals surface area contributed by atoms with Crippen molar-refractivity contribution in [2.24, 2.45) is 7.05 Å². The summed E-state index contributed by atoms with van der Waals surface area (Å²) in [5.74, 6) is 1.62. The van der Waals surface area contributed by atoms with Crippen molar-refractivity contribution < 1.29 is 22.7 Å². The van der Waals surface area contributed by atoms with E-state index in [1.165, 1.54) is 12.1 Å². The molecule has 7 nitrogen and oxygen atoms in total. The van der Waals surface area contributed by atoms with E-state index in [1.807, 2.05) is 50.0 Å². The zero-order valence-corrected chi connectivity index (χ0v) is 21.3. The molecule has 1 fully saturated rings. The highest BCUT2D eigenvalue weighted by atomic mass is 19.4. The summed E-state index contributed by atoms with van der Waals surface area (Å²) >= 11 is 0. The van der Waals surface area contributed by atoms with Gasteiger partial charge in [0, 0.05) is 31.1 Å². The number of alkyl halides is 3. The molecular weight excluding hydrogens is 483 g/mol. The Hall–Kier alpha value is -3.40. The van der Waals surface area contributed by atoms with Gasteiger partial charge in [0.1, 0.15) is 18.2 Å². The maximum atomic E-state index is 12.9. The Bertz CT molecular complexity index is 1200. The number of benzene rings is 2. The Morgan fingerprint density at radius 3 is 2.43 bits per heavy atom. The Balaban J connectivity index is 1.28. The van der Waals surface area contributed by atoms with Crippen LogP contribution in [0.4, 0.5) is 13.2 Å². The average Bonchev–Trinajstić information content (AvgIpc) is 3.23. The van der Waals surface area contributed by atoms with E-state index >= 15 is 0 Å². The van der Waals surface area contributed by atoms with E-state index in [4.69, 9.17) is 4.74 Å². The van der Waals surface area contributed by atoms with E-state index in [0.29, 0.717) is 11.4 Å². The average molecular weight is 516 g/mol. The minimum absolute atomic E-state index is 0.0174. The maximum absolute atomic E-state index is 12.9. The van der Waals surface area contributed by atoms with Crippen molar-refractivity contribution in [2.45, 2.75) is 57.0 Å². The number of rotatable bonds is 8. The number of hydrogen-bond donors (Lipinski definition) is 1. The molecule has 2 aromatic carbocycles. The number of nitrogens with zero attached hydrogens (tertiary/aromatic N) is 4. The molecule has 4 rings (SSSR count). The predicted octanol–water partition coefficient (Wildman–Crippen LogP) is 4.93. The van der Waals surface area contributed by atoms with Crippen molar-refractivity contribution in [1.29, 1.82) is 0 Å². The van der Waals surface area contributed by atoms with Gasteiger partial charge in [0.25, 0.3) is 5.91 Å². The number of carbonyl (C=O) groups excluding carboxylic acids is 1. The summed E-state index contributed by atoms with van der Waals surface area (Å²) < 4.78 is 46.2. The summed E-state index contributed by atoms with van der Waals surface area (Å²) in [6, 6.07) is 12.6. The Morgan fingerprint density at radius 2 is 1.78 bits per heavy atom. The fourth-order valence-corrected chi connectivity index (χ4v) is 4.66. The molecule has 0 saturated heterocycles. The van der Waals surface area contributed by atoms with Crippen molar-refractivity contribution in [3.05, 3.63) is 76.9 Å². The molecule has 0 aliphatic heterocycles. The molecule has 0 spiro atoms. The number of hydrogen-bond acceptors (Lipinski definition) is 5. The summed E-state index contributed by atoms with van der Waals surface area (Å²) in [4.78, 5) is 14.8. The van der Waals surface area contributed by atoms with Gasteiger partial charge in [-0.3, -0.25) is 4.79 Å². The van der Waals surface area contributed by atoms with Gasteiger partial charge in [-0.25, -0.2) is 0 Å². The second kappa shape index (κ2) is 11.3. The van der Waals surface area contributed by atoms with Gasteiger partial charge in [-0.05, 0) is 75.7 Å². The molecule has 1 aromatic heterocycles. The molecule has 0 radical (unpaired) electrons. The fourth-order valence-electron chi connectivity index (χ4n) is 4.66. The van der Waals surface area contributed by atoms with Crippen molar-refractivity contribution in [3.8, 4) is 5.75 Å². The van der Waals surface area contributed by atoms with E-state index in [0.717, 1.165) is 55.7 Å². The van der Waals surface area contributed by atoms with Gasteiger partial charge in [-0.15, -0.1) is 10.2 Å². The van der Waals surface area contributed by atoms with E-state index < -0.39 is 11.7 Å². The second-order valence-corrected chi connectivity index (χ2v) is 9.80. The normalized spacial score (nSPS) is 18.1. The topological polar surface area (TPSA) is 72.3 Å². The number of halogens is 3. The molecule has 0 unspecified atom stereocenters. The Kier molecular flexibility index (Phi) is 8.16. The summed E-state index contributed by atoms with van der Waals surface area (Å²) in [5, 5.41) is 11.7. The van der Waals surface area contributed by atoms with Crippen molar-refractivity contribution in [1.82, 2.24) is 25.0 Å². The molecule has 1 N–H and O–H groups in total. The summed E-state index contributed by atoms with van der Waals surface area (Å²) in [5.41, 5.74) is 1.06. The quantitative estimate of drug-likeness (QED) is 0.461. The van der Waals surface area contributed by atoms with Crippen LogP contribution in [0.25, 0.3) is 0 Å². The van der Waals surface area contributed by atoms with Gasteiger partial charge < -0.3 is 19.5 Å². The lowest BCUT2D eigenvalue weighted by Crippen LogP contribution is -2.37. The largest absolute Gasteiger partial charge is 0.486 e. The number of carbonyl (C=O) groups is 1. The molecule has 1 aliphatic rings. The SMILES string of the molecule is CN(C)Cc1ccc(C(=O)N[C@H]2CC[C@H](c3nnc(COc4cccc(C(F)(F)F)c4)n3C)CC2)cc1. The van der Waals surface area contributed by atoms with E-state index in [9.17, 15) is 18.0 Å². The molecule has 1 amide bonds. The number of amides is 1. The highest BCUT2D eigenvalue weighted by Gasteiger charge is 2.31. The molecule has 198 valence electrons. The third-order valence-corrected chi connectivity index (χ3v) is 6.67. The van der Waals surface area contributed by atoms with E-state index in [1.54, 1.807) is 0 Å². The zero-order chi connectivity index (χ0) is 26.6. The Labute approximate surface area is 214 Å². The highest BCUT2D eigenvalue weighted by molar-refractivity contribution is 5.94. The van der Waals surface area contributed by atoms with Crippen LogP contribution in [0.1, 0.15) is 64.7 Å². The smallest absolute Gasteiger partial charge is 0.416 e. The standard InChI is InChI=1S/C27H32F3N5O2/c1-34(2)16-18-7-9-20(10-8-18)26(36)31-22-13-11-19(12-14-22)25-33-32-24(35(25)3)17-37-23-6-4-5-21(15-23)27(28,29)30/h4-10,15,19,22H,11-14,16-17H2,1-3H3,(H,31,36)/t19-,22-. The molecule has 1 heterocycles. The van der Waals surface area contributed by atoms with Gasteiger partial charge in [-0.1, -0.05) is 18.2 Å². The van der Waals surface area contributed by atoms with Crippen LogP contribution in [0.5, 0.6) is 5.75 Å². The summed E-state index contributed by atoms with van der Waals surface area (Å²) in [6.07, 6.45) is -1.05. The number of ether oxygens (including phenoxy) is 1. The predicted molar refractivity (Wildman–Crippen MR) is 133 cm³/mol. The molecule has 10 heteroatoms. The van der Waals surface area contributed by atoms with Gasteiger partial charge in [0.2, 0.25) is 0 Å². The van der Waals surface area contributed by atoms with Crippen LogP contribution in [-0.2, 0) is 26.4 Å². The lowest BCUT2D eigenvalue weighted by Gasteiger charge is -2.28. The van der Waals surface area contributed by atoms with Crippen molar-refractivity contribution in [3.63, 3.8) is 0 Å². The van der Waals surface area contributed by atoms with Crippen LogP contribution in [0, 0.1) is 0 Å². The second-order valence-electron chi connectivity index (χ2n) is 9.80. The molecule has 0 bridgehead atoms. The van der Waals surface area contributed by atoms with Crippen LogP contribution in [0.15, 0.2) is 48.5 Å². The van der Waals surface area contributed by atoms with Crippen LogP contribution in [0.2, 0.25) is 0 Å². The molecule has 3 aromatic rings. The van der Waals surface area contributed by atoms with Crippen LogP contribution >= 0.6 is 0 Å². The van der Waals surface area contributed by atoms with Crippen LogP contribution in [0.3, 0.4) is 0 Å². The van der Waals surface area contributed by atoms with Crippen LogP contribution < -0.4 is 10.1 Å². The van der Waals surface area contributed by atoms with Gasteiger partial charge in [0.05, 0.1) is 5.56 Å². The third kappa shape index (κ3) is 6.88. The molecule has 0 atom stereocenters. The number of aromatic nitrogens is 3. The highest BCUT2D eigenvalue weighted by Crippen LogP contribution is 2.33. The fraction of sp³-hybridized carbons (Fsp3) is 0.444. The first-order chi connectivity index (χ1) is 17.6. The first-order valence-corrected chi connectivity index (χ1v) is 12.3. The van der Waals surface area contributed by atoms with Crippen LogP contribution in [-0.4, -0.2) is 45.7 Å².